The van der Waals surface area contributed by atoms with Crippen molar-refractivity contribution in [1.82, 2.24) is 14.5 Å². The highest BCUT2D eigenvalue weighted by atomic mass is 32.2. The molecule has 1 atom stereocenters. The number of oxime groups is 1. The molecule has 1 aromatic rings. The fourth-order valence-electron chi connectivity index (χ4n) is 1.66. The Kier molecular flexibility index (Phi) is 3.26. The largest absolute Gasteiger partial charge is 0.409 e. The Balaban J connectivity index is 2.20. The molecule has 1 heterocycles. The number of nitrogens with one attached hydrogen (secondary N) is 1. The van der Waals surface area contributed by atoms with Crippen LogP contribution in [-0.4, -0.2) is 35.3 Å². The minimum Gasteiger partial charge on any atom is -0.409 e. The van der Waals surface area contributed by atoms with Gasteiger partial charge in [-0.25, -0.2) is 13.1 Å². The monoisotopic (exact) mass is 273 g/mol. The molecule has 1 aromatic heterocycles. The molecule has 1 fully saturated rings. The van der Waals surface area contributed by atoms with Crippen molar-refractivity contribution in [3.8, 4) is 0 Å². The zero-order valence-electron chi connectivity index (χ0n) is 9.81. The molecule has 0 saturated heterocycles. The lowest BCUT2D eigenvalue weighted by Crippen LogP contribution is -2.45. The molecular formula is C9H15N5O3S. The molecule has 100 valence electrons. The summed E-state index contributed by atoms with van der Waals surface area (Å²) in [5.74, 6) is -0.0303. The van der Waals surface area contributed by atoms with Gasteiger partial charge in [-0.2, -0.15) is 5.10 Å². The second-order valence-electron chi connectivity index (χ2n) is 4.31. The smallest absolute Gasteiger partial charge is 0.244 e. The van der Waals surface area contributed by atoms with Gasteiger partial charge in [-0.05, 0) is 18.8 Å². The van der Waals surface area contributed by atoms with Gasteiger partial charge in [-0.3, -0.25) is 4.68 Å². The summed E-state index contributed by atoms with van der Waals surface area (Å²) in [6, 6.07) is -0.666. The molecule has 2 rings (SSSR count). The van der Waals surface area contributed by atoms with Crippen LogP contribution in [0.3, 0.4) is 0 Å². The van der Waals surface area contributed by atoms with Crippen LogP contribution in [0.15, 0.2) is 22.4 Å². The molecule has 1 aliphatic carbocycles. The highest BCUT2D eigenvalue weighted by molar-refractivity contribution is 7.89. The van der Waals surface area contributed by atoms with Gasteiger partial charge in [0.1, 0.15) is 4.90 Å². The van der Waals surface area contributed by atoms with Crippen molar-refractivity contribution in [2.45, 2.75) is 23.8 Å². The molecule has 8 nitrogen and oxygen atoms in total. The summed E-state index contributed by atoms with van der Waals surface area (Å²) < 4.78 is 27.9. The fraction of sp³-hybridized carbons (Fsp3) is 0.556. The summed E-state index contributed by atoms with van der Waals surface area (Å²) in [4.78, 5) is 0.0568. The van der Waals surface area contributed by atoms with E-state index in [1.54, 1.807) is 7.05 Å². The molecule has 0 radical (unpaired) electrons. The van der Waals surface area contributed by atoms with Gasteiger partial charge in [0.25, 0.3) is 0 Å². The Morgan fingerprint density at radius 3 is 2.83 bits per heavy atom. The normalized spacial score (nSPS) is 18.8. The van der Waals surface area contributed by atoms with E-state index in [4.69, 9.17) is 10.9 Å². The maximum Gasteiger partial charge on any atom is 0.244 e. The second-order valence-corrected chi connectivity index (χ2v) is 6.02. The molecule has 0 amide bonds. The summed E-state index contributed by atoms with van der Waals surface area (Å²) in [6.07, 6.45) is 4.35. The van der Waals surface area contributed by atoms with Crippen LogP contribution in [0.2, 0.25) is 0 Å². The lowest BCUT2D eigenvalue weighted by molar-refractivity contribution is 0.314. The standard InChI is InChI=1S/C9H15N5O3S/c1-14-5-7(4-11-14)18(16,17)13-8(6-2-3-6)9(10)12-15/h4-6,8,13,15H,2-3H2,1H3,(H2,10,12). The van der Waals surface area contributed by atoms with Gasteiger partial charge in [0.05, 0.1) is 12.2 Å². The van der Waals surface area contributed by atoms with E-state index in [0.29, 0.717) is 0 Å². The number of nitrogens with zero attached hydrogens (tertiary/aromatic N) is 3. The minimum atomic E-state index is -3.70. The number of hydrogen-bond donors (Lipinski definition) is 3. The fourth-order valence-corrected chi connectivity index (χ4v) is 2.92. The molecule has 9 heteroatoms. The summed E-state index contributed by atoms with van der Waals surface area (Å²) in [6.45, 7) is 0. The number of aromatic nitrogens is 2. The van der Waals surface area contributed by atoms with E-state index in [9.17, 15) is 8.42 Å². The van der Waals surface area contributed by atoms with E-state index in [1.165, 1.54) is 17.1 Å². The summed E-state index contributed by atoms with van der Waals surface area (Å²) >= 11 is 0. The quantitative estimate of drug-likeness (QED) is 0.281. The van der Waals surface area contributed by atoms with Crippen LogP contribution in [0.25, 0.3) is 0 Å². The number of nitrogens with two attached hydrogens (primary N) is 1. The van der Waals surface area contributed by atoms with Crippen LogP contribution in [-0.2, 0) is 17.1 Å². The van der Waals surface area contributed by atoms with Gasteiger partial charge < -0.3 is 10.9 Å². The third kappa shape index (κ3) is 2.62. The Bertz CT molecular complexity index is 561. The average Bonchev–Trinajstić information content (AvgIpc) is 3.07. The Labute approximate surface area is 105 Å². The lowest BCUT2D eigenvalue weighted by atomic mass is 10.2. The number of sulfonamides is 1. The maximum atomic E-state index is 12.1. The topological polar surface area (TPSA) is 123 Å². The van der Waals surface area contributed by atoms with Crippen LogP contribution >= 0.6 is 0 Å². The molecular weight excluding hydrogens is 258 g/mol. The minimum absolute atomic E-state index is 0.0568. The predicted octanol–water partition coefficient (Wildman–Crippen LogP) is -0.777. The number of hydrogen-bond acceptors (Lipinski definition) is 5. The Morgan fingerprint density at radius 2 is 2.39 bits per heavy atom. The van der Waals surface area contributed by atoms with Gasteiger partial charge >= 0.3 is 0 Å². The van der Waals surface area contributed by atoms with E-state index in [0.717, 1.165) is 12.8 Å². The number of aryl methyl sites for hydroxylation is 1. The number of rotatable bonds is 5. The van der Waals surface area contributed by atoms with Gasteiger partial charge in [-0.1, -0.05) is 5.16 Å². The first-order valence-electron chi connectivity index (χ1n) is 5.42. The predicted molar refractivity (Wildman–Crippen MR) is 63.5 cm³/mol. The molecule has 1 saturated carbocycles. The maximum absolute atomic E-state index is 12.1. The molecule has 1 unspecified atom stereocenters. The van der Waals surface area contributed by atoms with E-state index in [-0.39, 0.29) is 16.6 Å². The van der Waals surface area contributed by atoms with Crippen molar-refractivity contribution in [3.05, 3.63) is 12.4 Å². The first kappa shape index (κ1) is 12.8. The molecule has 0 aromatic carbocycles. The van der Waals surface area contributed by atoms with Gasteiger partial charge in [0.15, 0.2) is 5.84 Å². The SMILES string of the molecule is Cn1cc(S(=O)(=O)NC(C(N)=NO)C2CC2)cn1. The van der Waals surface area contributed by atoms with Crippen LogP contribution in [0, 0.1) is 5.92 Å². The first-order chi connectivity index (χ1) is 8.44. The van der Waals surface area contributed by atoms with Crippen LogP contribution in [0.4, 0.5) is 0 Å². The van der Waals surface area contributed by atoms with E-state index < -0.39 is 16.1 Å². The summed E-state index contributed by atoms with van der Waals surface area (Å²) in [7, 11) is -2.08. The third-order valence-corrected chi connectivity index (χ3v) is 4.20. The molecule has 1 aliphatic rings. The molecule has 0 spiro atoms. The van der Waals surface area contributed by atoms with Crippen LogP contribution in [0.5, 0.6) is 0 Å². The van der Waals surface area contributed by atoms with Crippen molar-refractivity contribution in [1.29, 1.82) is 0 Å². The van der Waals surface area contributed by atoms with Crippen LogP contribution in [0.1, 0.15) is 12.8 Å². The van der Waals surface area contributed by atoms with Crippen molar-refractivity contribution in [2.75, 3.05) is 0 Å². The summed E-state index contributed by atoms with van der Waals surface area (Å²) in [5, 5.41) is 15.3. The van der Waals surface area contributed by atoms with Crippen molar-refractivity contribution in [2.24, 2.45) is 23.9 Å². The van der Waals surface area contributed by atoms with Gasteiger partial charge in [0.2, 0.25) is 10.0 Å². The summed E-state index contributed by atoms with van der Waals surface area (Å²) in [5.41, 5.74) is 5.50. The van der Waals surface area contributed by atoms with Crippen LogP contribution < -0.4 is 10.5 Å². The van der Waals surface area contributed by atoms with Crippen molar-refractivity contribution < 1.29 is 13.6 Å². The van der Waals surface area contributed by atoms with Crippen molar-refractivity contribution >= 4 is 15.9 Å². The number of amidine groups is 1. The molecule has 4 N–H and O–H groups in total. The third-order valence-electron chi connectivity index (χ3n) is 2.80. The average molecular weight is 273 g/mol. The van der Waals surface area contributed by atoms with Gasteiger partial charge in [0, 0.05) is 13.2 Å². The highest BCUT2D eigenvalue weighted by Crippen LogP contribution is 2.33. The van der Waals surface area contributed by atoms with Gasteiger partial charge in [-0.15, -0.1) is 0 Å². The molecule has 0 bridgehead atoms. The van der Waals surface area contributed by atoms with E-state index in [1.807, 2.05) is 0 Å². The Morgan fingerprint density at radius 1 is 1.72 bits per heavy atom. The highest BCUT2D eigenvalue weighted by Gasteiger charge is 2.37. The zero-order chi connectivity index (χ0) is 13.3. The molecule has 0 aliphatic heterocycles. The lowest BCUT2D eigenvalue weighted by Gasteiger charge is -2.15. The molecule has 18 heavy (non-hydrogen) atoms. The zero-order valence-corrected chi connectivity index (χ0v) is 10.6. The first-order valence-corrected chi connectivity index (χ1v) is 6.91. The Hall–Kier alpha value is -1.61. The van der Waals surface area contributed by atoms with Crippen molar-refractivity contribution in [3.63, 3.8) is 0 Å². The van der Waals surface area contributed by atoms with E-state index >= 15 is 0 Å². The van der Waals surface area contributed by atoms with E-state index in [2.05, 4.69) is 15.0 Å². The second kappa shape index (κ2) is 4.58.